The summed E-state index contributed by atoms with van der Waals surface area (Å²) in [7, 11) is 0. The van der Waals surface area contributed by atoms with Gasteiger partial charge in [0.25, 0.3) is 0 Å². The number of amides is 1. The van der Waals surface area contributed by atoms with Gasteiger partial charge in [0, 0.05) is 47.5 Å². The van der Waals surface area contributed by atoms with Gasteiger partial charge in [0.05, 0.1) is 5.69 Å². The predicted octanol–water partition coefficient (Wildman–Crippen LogP) is 4.54. The van der Waals surface area contributed by atoms with E-state index < -0.39 is 0 Å². The van der Waals surface area contributed by atoms with Gasteiger partial charge in [-0.15, -0.1) is 0 Å². The number of carbonyl (C=O) groups excluding carboxylic acids is 1. The first-order valence-electron chi connectivity index (χ1n) is 9.10. The molecule has 0 atom stereocenters. The molecule has 1 aliphatic heterocycles. The van der Waals surface area contributed by atoms with Crippen LogP contribution in [0.1, 0.15) is 42.7 Å². The average Bonchev–Trinajstić information content (AvgIpc) is 3.23. The number of carbonyl (C=O) groups is 1. The zero-order valence-corrected chi connectivity index (χ0v) is 14.4. The summed E-state index contributed by atoms with van der Waals surface area (Å²) in [5.41, 5.74) is 6.89. The molecule has 4 nitrogen and oxygen atoms in total. The van der Waals surface area contributed by atoms with Crippen molar-refractivity contribution in [2.24, 2.45) is 0 Å². The van der Waals surface area contributed by atoms with Crippen molar-refractivity contribution < 1.29 is 4.79 Å². The third kappa shape index (κ3) is 2.36. The van der Waals surface area contributed by atoms with E-state index in [-0.39, 0.29) is 5.91 Å². The average molecular weight is 331 g/mol. The van der Waals surface area contributed by atoms with Crippen LogP contribution in [0.25, 0.3) is 22.2 Å². The number of aromatic nitrogens is 2. The van der Waals surface area contributed by atoms with Crippen molar-refractivity contribution in [1.82, 2.24) is 9.97 Å². The lowest BCUT2D eigenvalue weighted by molar-refractivity contribution is -0.117. The molecule has 2 aromatic heterocycles. The second kappa shape index (κ2) is 5.45. The van der Waals surface area contributed by atoms with E-state index in [1.807, 2.05) is 11.1 Å². The molecule has 1 aromatic carbocycles. The molecule has 3 heterocycles. The third-order valence-corrected chi connectivity index (χ3v) is 5.47. The van der Waals surface area contributed by atoms with Crippen LogP contribution >= 0.6 is 0 Å². The molecular formula is C21H21N3O. The van der Waals surface area contributed by atoms with Gasteiger partial charge in [-0.25, -0.2) is 0 Å². The smallest absolute Gasteiger partial charge is 0.227 e. The van der Waals surface area contributed by atoms with Crippen molar-refractivity contribution in [3.05, 3.63) is 47.8 Å². The lowest BCUT2D eigenvalue weighted by Crippen LogP contribution is -2.24. The molecule has 0 bridgehead atoms. The minimum absolute atomic E-state index is 0.234. The normalized spacial score (nSPS) is 17.6. The molecular weight excluding hydrogens is 310 g/mol. The molecule has 5 rings (SSSR count). The Kier molecular flexibility index (Phi) is 3.20. The van der Waals surface area contributed by atoms with Crippen LogP contribution in [0.2, 0.25) is 0 Å². The summed E-state index contributed by atoms with van der Waals surface area (Å²) in [6, 6.07) is 8.42. The molecule has 2 aliphatic rings. The van der Waals surface area contributed by atoms with E-state index in [1.54, 1.807) is 0 Å². The van der Waals surface area contributed by atoms with E-state index in [2.05, 4.69) is 42.4 Å². The minimum Gasteiger partial charge on any atom is -0.361 e. The summed E-state index contributed by atoms with van der Waals surface area (Å²) in [5, 5.41) is 1.26. The summed E-state index contributed by atoms with van der Waals surface area (Å²) in [6.07, 6.45) is 8.19. The number of nitrogens with one attached hydrogen (secondary N) is 1. The van der Waals surface area contributed by atoms with Gasteiger partial charge in [-0.3, -0.25) is 9.78 Å². The van der Waals surface area contributed by atoms with Crippen LogP contribution in [0.5, 0.6) is 0 Å². The van der Waals surface area contributed by atoms with Crippen molar-refractivity contribution in [2.45, 2.75) is 38.5 Å². The molecule has 25 heavy (non-hydrogen) atoms. The zero-order chi connectivity index (χ0) is 17.0. The Balaban J connectivity index is 1.62. The fraction of sp³-hybridized carbons (Fsp3) is 0.333. The van der Waals surface area contributed by atoms with E-state index in [4.69, 9.17) is 4.98 Å². The molecule has 4 heteroatoms. The Morgan fingerprint density at radius 1 is 1.24 bits per heavy atom. The fourth-order valence-corrected chi connectivity index (χ4v) is 4.05. The number of nitrogens with zero attached hydrogens (tertiary/aromatic N) is 2. The van der Waals surface area contributed by atoms with Crippen LogP contribution in [0.4, 0.5) is 5.69 Å². The second-order valence-corrected chi connectivity index (χ2v) is 7.25. The highest BCUT2D eigenvalue weighted by Gasteiger charge is 2.28. The number of H-pyrrole nitrogens is 1. The van der Waals surface area contributed by atoms with E-state index in [0.717, 1.165) is 41.0 Å². The minimum atomic E-state index is 0.234. The van der Waals surface area contributed by atoms with Crippen molar-refractivity contribution in [2.75, 3.05) is 11.4 Å². The van der Waals surface area contributed by atoms with Gasteiger partial charge < -0.3 is 9.88 Å². The number of hydrogen-bond acceptors (Lipinski definition) is 2. The van der Waals surface area contributed by atoms with Crippen LogP contribution < -0.4 is 4.90 Å². The summed E-state index contributed by atoms with van der Waals surface area (Å²) in [4.78, 5) is 22.1. The van der Waals surface area contributed by atoms with Crippen molar-refractivity contribution in [1.29, 1.82) is 0 Å². The largest absolute Gasteiger partial charge is 0.361 e. The Morgan fingerprint density at radius 2 is 2.12 bits per heavy atom. The molecule has 2 fully saturated rings. The lowest BCUT2D eigenvalue weighted by atomic mass is 10.0. The maximum Gasteiger partial charge on any atom is 0.227 e. The van der Waals surface area contributed by atoms with Crippen LogP contribution in [-0.4, -0.2) is 22.4 Å². The van der Waals surface area contributed by atoms with Crippen LogP contribution in [-0.2, 0) is 4.79 Å². The zero-order valence-electron chi connectivity index (χ0n) is 14.4. The highest BCUT2D eigenvalue weighted by molar-refractivity contribution is 5.98. The van der Waals surface area contributed by atoms with Gasteiger partial charge in [0.1, 0.15) is 0 Å². The van der Waals surface area contributed by atoms with Crippen LogP contribution in [0.15, 0.2) is 36.7 Å². The molecule has 3 aromatic rings. The Bertz CT molecular complexity index is 984. The van der Waals surface area contributed by atoms with Crippen LogP contribution in [0.3, 0.4) is 0 Å². The monoisotopic (exact) mass is 331 g/mol. The third-order valence-electron chi connectivity index (χ3n) is 5.47. The number of aromatic amines is 1. The maximum absolute atomic E-state index is 12.1. The fourth-order valence-electron chi connectivity index (χ4n) is 4.05. The van der Waals surface area contributed by atoms with Crippen molar-refractivity contribution in [3.63, 3.8) is 0 Å². The maximum atomic E-state index is 12.1. The van der Waals surface area contributed by atoms with Crippen molar-refractivity contribution in [3.8, 4) is 11.3 Å². The summed E-state index contributed by atoms with van der Waals surface area (Å²) in [6.45, 7) is 2.92. The van der Waals surface area contributed by atoms with E-state index >= 15 is 0 Å². The number of rotatable bonds is 3. The molecule has 0 unspecified atom stereocenters. The molecule has 1 aliphatic carbocycles. The van der Waals surface area contributed by atoms with E-state index in [0.29, 0.717) is 12.3 Å². The topological polar surface area (TPSA) is 49.0 Å². The van der Waals surface area contributed by atoms with E-state index in [9.17, 15) is 4.79 Å². The standard InChI is InChI=1S/C21H21N3O/c1-13-11-15(6-7-18(13)24-10-2-3-19(24)25)21-20-16(14-4-5-14)12-23-17(20)8-9-22-21/h6-9,11-12,14,23H,2-5,10H2,1H3. The number of hydrogen-bond donors (Lipinski definition) is 1. The number of fused-ring (bicyclic) bond motifs is 1. The van der Waals surface area contributed by atoms with Gasteiger partial charge in [0.2, 0.25) is 5.91 Å². The van der Waals surface area contributed by atoms with Crippen LogP contribution in [0, 0.1) is 6.92 Å². The summed E-state index contributed by atoms with van der Waals surface area (Å²) < 4.78 is 0. The van der Waals surface area contributed by atoms with Gasteiger partial charge in [-0.1, -0.05) is 6.07 Å². The number of aryl methyl sites for hydroxylation is 1. The highest BCUT2D eigenvalue weighted by atomic mass is 16.2. The SMILES string of the molecule is Cc1cc(-c2nccc3[nH]cc(C4CC4)c23)ccc1N1CCCC1=O. The second-order valence-electron chi connectivity index (χ2n) is 7.25. The number of pyridine rings is 1. The molecule has 1 amide bonds. The first-order valence-corrected chi connectivity index (χ1v) is 9.10. The first kappa shape index (κ1) is 14.7. The number of benzene rings is 1. The van der Waals surface area contributed by atoms with Gasteiger partial charge >= 0.3 is 0 Å². The van der Waals surface area contributed by atoms with Gasteiger partial charge in [-0.05, 0) is 61.4 Å². The summed E-state index contributed by atoms with van der Waals surface area (Å²) >= 11 is 0. The predicted molar refractivity (Wildman–Crippen MR) is 99.8 cm³/mol. The number of anilines is 1. The quantitative estimate of drug-likeness (QED) is 0.766. The van der Waals surface area contributed by atoms with E-state index in [1.165, 1.54) is 23.8 Å². The molecule has 0 spiro atoms. The molecule has 1 saturated carbocycles. The lowest BCUT2D eigenvalue weighted by Gasteiger charge is -2.19. The summed E-state index contributed by atoms with van der Waals surface area (Å²) in [5.74, 6) is 0.914. The van der Waals surface area contributed by atoms with Gasteiger partial charge in [0.15, 0.2) is 0 Å². The molecule has 1 saturated heterocycles. The molecule has 0 radical (unpaired) electrons. The van der Waals surface area contributed by atoms with Crippen molar-refractivity contribution >= 4 is 22.5 Å². The Morgan fingerprint density at radius 3 is 2.84 bits per heavy atom. The van der Waals surface area contributed by atoms with Gasteiger partial charge in [-0.2, -0.15) is 0 Å². The molecule has 126 valence electrons. The Labute approximate surface area is 146 Å². The molecule has 1 N–H and O–H groups in total. The first-order chi connectivity index (χ1) is 12.2. The Hall–Kier alpha value is -2.62. The highest BCUT2D eigenvalue weighted by Crippen LogP contribution is 2.45.